The molecule has 0 bridgehead atoms. The molecule has 0 saturated carbocycles. The number of urea groups is 1. The summed E-state index contributed by atoms with van der Waals surface area (Å²) in [6.45, 7) is 7.48. The number of esters is 1. The second-order valence-electron chi connectivity index (χ2n) is 7.74. The third-order valence-electron chi connectivity index (χ3n) is 3.93. The summed E-state index contributed by atoms with van der Waals surface area (Å²) in [5.74, 6) is -0.586. The highest BCUT2D eigenvalue weighted by atomic mass is 16.6. The van der Waals surface area contributed by atoms with Crippen molar-refractivity contribution in [3.8, 4) is 0 Å². The third-order valence-corrected chi connectivity index (χ3v) is 3.93. The lowest BCUT2D eigenvalue weighted by atomic mass is 10.1. The molecule has 0 fully saturated rings. The van der Waals surface area contributed by atoms with E-state index in [0.29, 0.717) is 30.9 Å². The number of amides is 3. The average molecular weight is 424 g/mol. The predicted octanol–water partition coefficient (Wildman–Crippen LogP) is 3.21. The quantitative estimate of drug-likeness (QED) is 0.230. The molecule has 30 heavy (non-hydrogen) atoms. The number of carbonyl (C=O) groups excluding carboxylic acids is 3. The van der Waals surface area contributed by atoms with Gasteiger partial charge in [0.05, 0.1) is 0 Å². The fraction of sp³-hybridized carbons (Fsp3) is 0.571. The summed E-state index contributed by atoms with van der Waals surface area (Å²) in [5.41, 5.74) is 0.257. The molecule has 0 aliphatic heterocycles. The Morgan fingerprint density at radius 3 is 2.40 bits per heavy atom. The number of unbranched alkanes of at least 4 members (excludes halogenated alkanes) is 1. The smallest absolute Gasteiger partial charge is 0.407 e. The van der Waals surface area contributed by atoms with E-state index in [4.69, 9.17) is 9.47 Å². The zero-order chi connectivity index (χ0) is 22.6. The maximum atomic E-state index is 12.5. The molecule has 0 aromatic heterocycles. The van der Waals surface area contributed by atoms with E-state index >= 15 is 0 Å². The van der Waals surface area contributed by atoms with Crippen molar-refractivity contribution in [1.82, 2.24) is 15.7 Å². The monoisotopic (exact) mass is 423 g/mol. The summed E-state index contributed by atoms with van der Waals surface area (Å²) >= 11 is 0. The molecule has 1 aromatic rings. The molecule has 3 N–H and O–H groups in total. The largest absolute Gasteiger partial charge is 0.459 e. The van der Waals surface area contributed by atoms with Crippen LogP contribution in [-0.4, -0.2) is 53.1 Å². The van der Waals surface area contributed by atoms with Crippen LogP contribution in [0, 0.1) is 0 Å². The highest BCUT2D eigenvalue weighted by Gasteiger charge is 2.24. The minimum absolute atomic E-state index is 0.0808. The highest BCUT2D eigenvalue weighted by molar-refractivity contribution is 5.83. The van der Waals surface area contributed by atoms with Gasteiger partial charge < -0.3 is 20.1 Å². The fourth-order valence-electron chi connectivity index (χ4n) is 2.42. The zero-order valence-corrected chi connectivity index (χ0v) is 18.1. The summed E-state index contributed by atoms with van der Waals surface area (Å²) < 4.78 is 10.5. The molecule has 3 amide bonds. The fourth-order valence-corrected chi connectivity index (χ4v) is 2.42. The first-order valence-corrected chi connectivity index (χ1v) is 10.1. The molecule has 0 unspecified atom stereocenters. The molecule has 9 nitrogen and oxygen atoms in total. The van der Waals surface area contributed by atoms with E-state index in [1.807, 2.05) is 30.3 Å². The van der Waals surface area contributed by atoms with Gasteiger partial charge in [-0.2, -0.15) is 0 Å². The Labute approximate surface area is 177 Å². The van der Waals surface area contributed by atoms with Gasteiger partial charge in [-0.15, -0.1) is 0 Å². The minimum atomic E-state index is -0.913. The van der Waals surface area contributed by atoms with Gasteiger partial charge in [0.15, 0.2) is 0 Å². The molecule has 9 heteroatoms. The molecule has 0 heterocycles. The zero-order valence-electron chi connectivity index (χ0n) is 18.1. The molecular formula is C21H33N3O6. The van der Waals surface area contributed by atoms with Crippen molar-refractivity contribution < 1.29 is 29.1 Å². The van der Waals surface area contributed by atoms with E-state index in [2.05, 4.69) is 10.6 Å². The van der Waals surface area contributed by atoms with Crippen LogP contribution in [0.3, 0.4) is 0 Å². The van der Waals surface area contributed by atoms with Gasteiger partial charge in [0.25, 0.3) is 0 Å². The molecule has 1 aromatic carbocycles. The minimum Gasteiger partial charge on any atom is -0.459 e. The van der Waals surface area contributed by atoms with Crippen molar-refractivity contribution in [2.24, 2.45) is 0 Å². The number of alkyl carbamates (subject to hydrolysis) is 1. The van der Waals surface area contributed by atoms with E-state index in [0.717, 1.165) is 5.56 Å². The van der Waals surface area contributed by atoms with Crippen LogP contribution in [0.1, 0.15) is 52.5 Å². The van der Waals surface area contributed by atoms with Gasteiger partial charge in [-0.1, -0.05) is 30.3 Å². The van der Waals surface area contributed by atoms with Crippen LogP contribution in [0.2, 0.25) is 0 Å². The van der Waals surface area contributed by atoms with E-state index < -0.39 is 29.7 Å². The Balaban J connectivity index is 2.51. The first kappa shape index (κ1) is 25.2. The molecule has 1 rings (SSSR count). The summed E-state index contributed by atoms with van der Waals surface area (Å²) in [4.78, 5) is 36.1. The number of rotatable bonds is 10. The molecular weight excluding hydrogens is 390 g/mol. The number of benzene rings is 1. The van der Waals surface area contributed by atoms with E-state index in [1.165, 1.54) is 0 Å². The first-order valence-electron chi connectivity index (χ1n) is 10.1. The molecule has 0 aliphatic carbocycles. The lowest BCUT2D eigenvalue weighted by Gasteiger charge is -2.21. The Hall–Kier alpha value is -2.81. The molecule has 0 saturated heterocycles. The van der Waals surface area contributed by atoms with Crippen molar-refractivity contribution in [2.45, 2.75) is 65.2 Å². The normalized spacial score (nSPS) is 11.9. The summed E-state index contributed by atoms with van der Waals surface area (Å²) in [6.07, 6.45) is 0.910. The lowest BCUT2D eigenvalue weighted by Crippen LogP contribution is -2.47. The number of hydroxylamine groups is 2. The first-order chi connectivity index (χ1) is 14.1. The van der Waals surface area contributed by atoms with E-state index in [-0.39, 0.29) is 13.2 Å². The van der Waals surface area contributed by atoms with Gasteiger partial charge in [-0.3, -0.25) is 5.21 Å². The van der Waals surface area contributed by atoms with Gasteiger partial charge in [0.1, 0.15) is 18.2 Å². The molecule has 168 valence electrons. The Bertz CT molecular complexity index is 675. The standard InChI is InChI=1S/C21H33N3O6/c1-5-24(28)19(26)23-17(18(25)29-15-16-11-7-6-8-12-16)13-9-10-14-22-20(27)30-21(2,3)4/h6-8,11-12,17,28H,5,9-10,13-15H2,1-4H3,(H,22,27)(H,23,26)/t17-/m0/s1. The van der Waals surface area contributed by atoms with Gasteiger partial charge in [0.2, 0.25) is 0 Å². The Morgan fingerprint density at radius 1 is 1.13 bits per heavy atom. The number of nitrogens with one attached hydrogen (secondary N) is 2. The maximum absolute atomic E-state index is 12.5. The third kappa shape index (κ3) is 10.7. The second-order valence-corrected chi connectivity index (χ2v) is 7.74. The topological polar surface area (TPSA) is 117 Å². The number of nitrogens with zero attached hydrogens (tertiary/aromatic N) is 1. The van der Waals surface area contributed by atoms with Crippen LogP contribution in [-0.2, 0) is 20.9 Å². The second kappa shape index (κ2) is 12.7. The highest BCUT2D eigenvalue weighted by Crippen LogP contribution is 2.08. The molecule has 0 radical (unpaired) electrons. The van der Waals surface area contributed by atoms with Crippen LogP contribution < -0.4 is 10.6 Å². The van der Waals surface area contributed by atoms with Crippen LogP contribution in [0.25, 0.3) is 0 Å². The van der Waals surface area contributed by atoms with E-state index in [1.54, 1.807) is 27.7 Å². The average Bonchev–Trinajstić information content (AvgIpc) is 2.69. The van der Waals surface area contributed by atoms with Gasteiger partial charge in [0, 0.05) is 13.1 Å². The van der Waals surface area contributed by atoms with Gasteiger partial charge in [-0.25, -0.2) is 19.4 Å². The lowest BCUT2D eigenvalue weighted by molar-refractivity contribution is -0.147. The molecule has 0 aliphatic rings. The van der Waals surface area contributed by atoms with E-state index in [9.17, 15) is 19.6 Å². The number of carbonyl (C=O) groups is 3. The molecule has 0 spiro atoms. The van der Waals surface area contributed by atoms with Crippen LogP contribution >= 0.6 is 0 Å². The predicted molar refractivity (Wildman–Crippen MR) is 111 cm³/mol. The molecule has 1 atom stereocenters. The van der Waals surface area contributed by atoms with Crippen molar-refractivity contribution in [2.75, 3.05) is 13.1 Å². The Kier molecular flexibility index (Phi) is 10.7. The maximum Gasteiger partial charge on any atom is 0.407 e. The van der Waals surface area contributed by atoms with Crippen LogP contribution in [0.5, 0.6) is 0 Å². The summed E-state index contributed by atoms with van der Waals surface area (Å²) in [6, 6.07) is 7.51. The number of ether oxygens (including phenoxy) is 2. The van der Waals surface area contributed by atoms with Gasteiger partial charge >= 0.3 is 18.1 Å². The van der Waals surface area contributed by atoms with Crippen molar-refractivity contribution in [1.29, 1.82) is 0 Å². The SMILES string of the molecule is CCN(O)C(=O)N[C@@H](CCCCNC(=O)OC(C)(C)C)C(=O)OCc1ccccc1. The van der Waals surface area contributed by atoms with Crippen LogP contribution in [0.15, 0.2) is 30.3 Å². The number of hydrogen-bond donors (Lipinski definition) is 3. The van der Waals surface area contributed by atoms with Crippen LogP contribution in [0.4, 0.5) is 9.59 Å². The van der Waals surface area contributed by atoms with Gasteiger partial charge in [-0.05, 0) is 52.5 Å². The van der Waals surface area contributed by atoms with Crippen molar-refractivity contribution in [3.63, 3.8) is 0 Å². The number of hydrogen-bond acceptors (Lipinski definition) is 6. The Morgan fingerprint density at radius 2 is 1.80 bits per heavy atom. The summed E-state index contributed by atoms with van der Waals surface area (Å²) in [7, 11) is 0. The summed E-state index contributed by atoms with van der Waals surface area (Å²) in [5, 5.41) is 15.2. The van der Waals surface area contributed by atoms with Crippen molar-refractivity contribution >= 4 is 18.1 Å². The van der Waals surface area contributed by atoms with Crippen molar-refractivity contribution in [3.05, 3.63) is 35.9 Å².